The summed E-state index contributed by atoms with van der Waals surface area (Å²) in [6, 6.07) is 3.13. The minimum Gasteiger partial charge on any atom is -0.451 e. The van der Waals surface area contributed by atoms with E-state index in [1.807, 2.05) is 0 Å². The predicted octanol–water partition coefficient (Wildman–Crippen LogP) is 1.25. The van der Waals surface area contributed by atoms with E-state index in [0.29, 0.717) is 10.8 Å². The highest BCUT2D eigenvalue weighted by molar-refractivity contribution is 6.30. The molecule has 6 nitrogen and oxygen atoms in total. The number of nitrogens with one attached hydrogen (secondary N) is 1. The number of nitrogens with zero attached hydrogens (tertiary/aromatic N) is 1. The number of methoxy groups -OCH3 is 1. The van der Waals surface area contributed by atoms with E-state index in [1.165, 1.54) is 20.2 Å². The third-order valence-electron chi connectivity index (χ3n) is 1.92. The summed E-state index contributed by atoms with van der Waals surface area (Å²) in [4.78, 5) is 26.6. The Bertz CT molecular complexity index is 422. The van der Waals surface area contributed by atoms with Gasteiger partial charge in [0.15, 0.2) is 6.10 Å². The summed E-state index contributed by atoms with van der Waals surface area (Å²) in [5, 5.41) is 2.95. The Morgan fingerprint density at radius 3 is 2.78 bits per heavy atom. The number of rotatable bonds is 5. The van der Waals surface area contributed by atoms with Gasteiger partial charge < -0.3 is 14.8 Å². The van der Waals surface area contributed by atoms with Crippen LogP contribution in [0, 0.1) is 0 Å². The van der Waals surface area contributed by atoms with Crippen LogP contribution in [-0.4, -0.2) is 36.7 Å². The highest BCUT2D eigenvalue weighted by atomic mass is 35.5. The van der Waals surface area contributed by atoms with E-state index in [4.69, 9.17) is 16.3 Å². The Kier molecular flexibility index (Phi) is 5.54. The molecule has 0 spiro atoms. The zero-order valence-electron chi connectivity index (χ0n) is 9.97. The summed E-state index contributed by atoms with van der Waals surface area (Å²) in [6.45, 7) is 1.26. The maximum Gasteiger partial charge on any atom is 0.332 e. The fourth-order valence-corrected chi connectivity index (χ4v) is 1.19. The van der Waals surface area contributed by atoms with E-state index in [9.17, 15) is 9.59 Å². The van der Waals surface area contributed by atoms with E-state index in [1.54, 1.807) is 12.1 Å². The largest absolute Gasteiger partial charge is 0.451 e. The van der Waals surface area contributed by atoms with Crippen LogP contribution in [0.5, 0.6) is 0 Å². The van der Waals surface area contributed by atoms with Crippen molar-refractivity contribution in [3.05, 3.63) is 23.4 Å². The van der Waals surface area contributed by atoms with Crippen molar-refractivity contribution in [2.45, 2.75) is 13.0 Å². The number of carbonyl (C=O) groups excluding carboxylic acids is 2. The molecule has 1 rings (SSSR count). The first-order chi connectivity index (χ1) is 8.52. The number of esters is 1. The summed E-state index contributed by atoms with van der Waals surface area (Å²) >= 11 is 5.66. The van der Waals surface area contributed by atoms with Crippen molar-refractivity contribution in [1.82, 2.24) is 4.98 Å². The minimum absolute atomic E-state index is 0.198. The van der Waals surface area contributed by atoms with Gasteiger partial charge in [0.1, 0.15) is 12.4 Å². The Morgan fingerprint density at radius 2 is 2.22 bits per heavy atom. The summed E-state index contributed by atoms with van der Waals surface area (Å²) in [5.41, 5.74) is 0. The van der Waals surface area contributed by atoms with Gasteiger partial charge in [-0.15, -0.1) is 0 Å². The molecule has 0 radical (unpaired) electrons. The van der Waals surface area contributed by atoms with Gasteiger partial charge >= 0.3 is 5.97 Å². The van der Waals surface area contributed by atoms with E-state index in [2.05, 4.69) is 15.0 Å². The van der Waals surface area contributed by atoms with Crippen LogP contribution in [0.4, 0.5) is 5.82 Å². The molecule has 7 heteroatoms. The average molecular weight is 273 g/mol. The lowest BCUT2D eigenvalue weighted by Crippen LogP contribution is -2.31. The molecule has 0 aliphatic heterocycles. The first-order valence-electron chi connectivity index (χ1n) is 5.13. The van der Waals surface area contributed by atoms with Gasteiger partial charge in [0.05, 0.1) is 5.02 Å². The molecule has 0 fully saturated rings. The standard InChI is InChI=1S/C11H13ClN2O4/c1-7(18-10(15)6-17-2)11(16)14-9-4-3-8(12)5-13-9/h3-5,7H,6H2,1-2H3,(H,13,14,16)/t7-/m0/s1. The van der Waals surface area contributed by atoms with Gasteiger partial charge in [-0.1, -0.05) is 11.6 Å². The zero-order valence-corrected chi connectivity index (χ0v) is 10.7. The van der Waals surface area contributed by atoms with Gasteiger partial charge in [0.25, 0.3) is 5.91 Å². The van der Waals surface area contributed by atoms with Crippen LogP contribution in [-0.2, 0) is 19.1 Å². The second kappa shape index (κ2) is 6.93. The molecule has 0 aliphatic rings. The molecule has 98 valence electrons. The molecular formula is C11H13ClN2O4. The minimum atomic E-state index is -0.926. The molecule has 1 amide bonds. The van der Waals surface area contributed by atoms with Crippen molar-refractivity contribution in [2.24, 2.45) is 0 Å². The van der Waals surface area contributed by atoms with Crippen molar-refractivity contribution >= 4 is 29.3 Å². The quantitative estimate of drug-likeness (QED) is 0.816. The molecule has 0 bridgehead atoms. The molecule has 1 aromatic heterocycles. The highest BCUT2D eigenvalue weighted by Crippen LogP contribution is 2.10. The number of amides is 1. The number of aromatic nitrogens is 1. The molecule has 0 saturated carbocycles. The van der Waals surface area contributed by atoms with Crippen molar-refractivity contribution in [3.8, 4) is 0 Å². The molecule has 0 saturated heterocycles. The summed E-state index contributed by atoms with van der Waals surface area (Å²) in [5.74, 6) is -0.752. The molecule has 1 atom stereocenters. The van der Waals surface area contributed by atoms with Crippen LogP contribution in [0.15, 0.2) is 18.3 Å². The van der Waals surface area contributed by atoms with Crippen molar-refractivity contribution in [3.63, 3.8) is 0 Å². The Hall–Kier alpha value is -1.66. The van der Waals surface area contributed by atoms with Crippen LogP contribution in [0.25, 0.3) is 0 Å². The smallest absolute Gasteiger partial charge is 0.332 e. The topological polar surface area (TPSA) is 77.5 Å². The molecule has 1 heterocycles. The van der Waals surface area contributed by atoms with Crippen molar-refractivity contribution < 1.29 is 19.1 Å². The number of pyridine rings is 1. The zero-order chi connectivity index (χ0) is 13.5. The van der Waals surface area contributed by atoms with Gasteiger partial charge in [-0.2, -0.15) is 0 Å². The van der Waals surface area contributed by atoms with Crippen LogP contribution < -0.4 is 5.32 Å². The summed E-state index contributed by atoms with van der Waals surface area (Å²) in [6.07, 6.45) is 0.476. The molecule has 0 aliphatic carbocycles. The predicted molar refractivity (Wildman–Crippen MR) is 65.3 cm³/mol. The monoisotopic (exact) mass is 272 g/mol. The van der Waals surface area contributed by atoms with E-state index >= 15 is 0 Å². The highest BCUT2D eigenvalue weighted by Gasteiger charge is 2.17. The lowest BCUT2D eigenvalue weighted by atomic mass is 10.3. The van der Waals surface area contributed by atoms with Gasteiger partial charge in [0.2, 0.25) is 0 Å². The first kappa shape index (κ1) is 14.4. The third kappa shape index (κ3) is 4.68. The van der Waals surface area contributed by atoms with Gasteiger partial charge in [-0.05, 0) is 19.1 Å². The Labute approximate surface area is 109 Å². The van der Waals surface area contributed by atoms with Gasteiger partial charge in [0, 0.05) is 13.3 Å². The summed E-state index contributed by atoms with van der Waals surface area (Å²) in [7, 11) is 1.36. The molecule has 1 aromatic rings. The van der Waals surface area contributed by atoms with Crippen LogP contribution in [0.1, 0.15) is 6.92 Å². The number of hydrogen-bond acceptors (Lipinski definition) is 5. The van der Waals surface area contributed by atoms with Crippen LogP contribution in [0.3, 0.4) is 0 Å². The molecular weight excluding hydrogens is 260 g/mol. The summed E-state index contributed by atoms with van der Waals surface area (Å²) < 4.78 is 9.40. The van der Waals surface area contributed by atoms with Gasteiger partial charge in [-0.3, -0.25) is 4.79 Å². The lowest BCUT2D eigenvalue weighted by Gasteiger charge is -2.12. The Morgan fingerprint density at radius 1 is 1.50 bits per heavy atom. The van der Waals surface area contributed by atoms with E-state index < -0.39 is 18.0 Å². The molecule has 0 aromatic carbocycles. The van der Waals surface area contributed by atoms with E-state index in [-0.39, 0.29) is 6.61 Å². The van der Waals surface area contributed by atoms with E-state index in [0.717, 1.165) is 0 Å². The van der Waals surface area contributed by atoms with Crippen LogP contribution in [0.2, 0.25) is 5.02 Å². The maximum atomic E-state index is 11.6. The normalized spacial score (nSPS) is 11.7. The average Bonchev–Trinajstić information content (AvgIpc) is 2.32. The third-order valence-corrected chi connectivity index (χ3v) is 2.14. The van der Waals surface area contributed by atoms with Crippen molar-refractivity contribution in [1.29, 1.82) is 0 Å². The number of hydrogen-bond donors (Lipinski definition) is 1. The van der Waals surface area contributed by atoms with Crippen molar-refractivity contribution in [2.75, 3.05) is 19.0 Å². The lowest BCUT2D eigenvalue weighted by molar-refractivity contribution is -0.156. The number of halogens is 1. The SMILES string of the molecule is COCC(=O)O[C@@H](C)C(=O)Nc1ccc(Cl)cn1. The first-order valence-corrected chi connectivity index (χ1v) is 5.51. The number of ether oxygens (including phenoxy) is 2. The van der Waals surface area contributed by atoms with Crippen LogP contribution >= 0.6 is 11.6 Å². The molecule has 18 heavy (non-hydrogen) atoms. The number of carbonyl (C=O) groups is 2. The fourth-order valence-electron chi connectivity index (χ4n) is 1.08. The second-order valence-electron chi connectivity index (χ2n) is 3.42. The Balaban J connectivity index is 2.49. The fraction of sp³-hybridized carbons (Fsp3) is 0.364. The maximum absolute atomic E-state index is 11.6. The molecule has 1 N–H and O–H groups in total. The molecule has 0 unspecified atom stereocenters. The second-order valence-corrected chi connectivity index (χ2v) is 3.85. The number of anilines is 1. The van der Waals surface area contributed by atoms with Gasteiger partial charge in [-0.25, -0.2) is 9.78 Å².